The molecule has 0 aromatic rings. The Kier molecular flexibility index (Phi) is 3.35. The highest BCUT2D eigenvalue weighted by molar-refractivity contribution is 6.00. The lowest BCUT2D eigenvalue weighted by Crippen LogP contribution is -1.92. The second kappa shape index (κ2) is 3.83. The Bertz CT molecular complexity index is 158. The van der Waals surface area contributed by atoms with Crippen molar-refractivity contribution < 1.29 is 4.79 Å². The molecule has 0 saturated carbocycles. The quantitative estimate of drug-likeness (QED) is 0.519. The van der Waals surface area contributed by atoms with Gasteiger partial charge in [0.25, 0.3) is 0 Å². The summed E-state index contributed by atoms with van der Waals surface area (Å²) in [5.41, 5.74) is 5.66. The van der Waals surface area contributed by atoms with Gasteiger partial charge in [0.15, 0.2) is 0 Å². The van der Waals surface area contributed by atoms with Crippen molar-refractivity contribution in [3.05, 3.63) is 12.3 Å². The van der Waals surface area contributed by atoms with Gasteiger partial charge in [-0.2, -0.15) is 0 Å². The molecular formula is C6H10N2O. The predicted octanol–water partition coefficient (Wildman–Crippen LogP) is 0.466. The standard InChI is InChI=1S/C6H10N2O/c1-5(3-4-7)8-6(2)9/h3-4H,7H2,1-2H3/b4-3-,8-5-. The Morgan fingerprint density at radius 3 is 2.44 bits per heavy atom. The van der Waals surface area contributed by atoms with Gasteiger partial charge < -0.3 is 5.73 Å². The highest BCUT2D eigenvalue weighted by Crippen LogP contribution is 1.79. The van der Waals surface area contributed by atoms with Gasteiger partial charge in [0.1, 0.15) is 0 Å². The predicted molar refractivity (Wildman–Crippen MR) is 37.1 cm³/mol. The minimum Gasteiger partial charge on any atom is -0.405 e. The molecule has 0 saturated heterocycles. The van der Waals surface area contributed by atoms with E-state index in [0.29, 0.717) is 5.71 Å². The van der Waals surface area contributed by atoms with Crippen LogP contribution < -0.4 is 5.73 Å². The van der Waals surface area contributed by atoms with Crippen molar-refractivity contribution in [1.29, 1.82) is 0 Å². The Morgan fingerprint density at radius 1 is 1.56 bits per heavy atom. The van der Waals surface area contributed by atoms with Gasteiger partial charge in [-0.25, -0.2) is 4.99 Å². The van der Waals surface area contributed by atoms with Crippen LogP contribution in [0.2, 0.25) is 0 Å². The van der Waals surface area contributed by atoms with Crippen LogP contribution in [0.5, 0.6) is 0 Å². The lowest BCUT2D eigenvalue weighted by molar-refractivity contribution is -0.115. The molecule has 50 valence electrons. The first-order valence-electron chi connectivity index (χ1n) is 2.61. The van der Waals surface area contributed by atoms with Gasteiger partial charge in [-0.3, -0.25) is 4.79 Å². The summed E-state index contributed by atoms with van der Waals surface area (Å²) >= 11 is 0. The first kappa shape index (κ1) is 7.88. The fraction of sp³-hybridized carbons (Fsp3) is 0.333. The summed E-state index contributed by atoms with van der Waals surface area (Å²) < 4.78 is 0. The van der Waals surface area contributed by atoms with Crippen LogP contribution in [-0.4, -0.2) is 11.6 Å². The molecule has 1 amide bonds. The molecule has 0 heterocycles. The number of hydrogen-bond donors (Lipinski definition) is 1. The molecule has 0 radical (unpaired) electrons. The minimum absolute atomic E-state index is 0.203. The van der Waals surface area contributed by atoms with Crippen molar-refractivity contribution in [1.82, 2.24) is 0 Å². The molecule has 0 fully saturated rings. The maximum absolute atomic E-state index is 10.3. The third kappa shape index (κ3) is 4.74. The molecule has 3 nitrogen and oxygen atoms in total. The average molecular weight is 126 g/mol. The summed E-state index contributed by atoms with van der Waals surface area (Å²) in [5.74, 6) is -0.203. The van der Waals surface area contributed by atoms with E-state index in [9.17, 15) is 4.79 Å². The van der Waals surface area contributed by atoms with E-state index in [1.165, 1.54) is 13.1 Å². The summed E-state index contributed by atoms with van der Waals surface area (Å²) in [5, 5.41) is 0. The van der Waals surface area contributed by atoms with E-state index in [0.717, 1.165) is 0 Å². The minimum atomic E-state index is -0.203. The first-order chi connectivity index (χ1) is 4.16. The number of nitrogens with two attached hydrogens (primary N) is 1. The Hall–Kier alpha value is -1.12. The van der Waals surface area contributed by atoms with Gasteiger partial charge in [0, 0.05) is 12.6 Å². The van der Waals surface area contributed by atoms with Gasteiger partial charge in [0.05, 0.1) is 0 Å². The van der Waals surface area contributed by atoms with Crippen LogP contribution in [0.3, 0.4) is 0 Å². The van der Waals surface area contributed by atoms with E-state index in [1.54, 1.807) is 13.0 Å². The molecule has 0 aliphatic carbocycles. The van der Waals surface area contributed by atoms with Crippen LogP contribution in [0, 0.1) is 0 Å². The zero-order valence-electron chi connectivity index (χ0n) is 5.59. The monoisotopic (exact) mass is 126 g/mol. The van der Waals surface area contributed by atoms with Gasteiger partial charge in [-0.1, -0.05) is 0 Å². The number of allylic oxidation sites excluding steroid dienone is 1. The molecule has 0 aromatic heterocycles. The van der Waals surface area contributed by atoms with Crippen molar-refractivity contribution in [2.24, 2.45) is 10.7 Å². The number of carbonyl (C=O) groups excluding carboxylic acids is 1. The van der Waals surface area contributed by atoms with Crippen molar-refractivity contribution in [3.8, 4) is 0 Å². The summed E-state index contributed by atoms with van der Waals surface area (Å²) in [7, 11) is 0. The van der Waals surface area contributed by atoms with E-state index >= 15 is 0 Å². The molecule has 0 rings (SSSR count). The van der Waals surface area contributed by atoms with Gasteiger partial charge in [-0.15, -0.1) is 0 Å². The fourth-order valence-corrected chi connectivity index (χ4v) is 0.425. The van der Waals surface area contributed by atoms with Crippen LogP contribution in [0.1, 0.15) is 13.8 Å². The molecule has 0 unspecified atom stereocenters. The summed E-state index contributed by atoms with van der Waals surface area (Å²) in [6, 6.07) is 0. The lowest BCUT2D eigenvalue weighted by Gasteiger charge is -1.84. The molecule has 9 heavy (non-hydrogen) atoms. The maximum Gasteiger partial charge on any atom is 0.242 e. The van der Waals surface area contributed by atoms with Gasteiger partial charge in [0.2, 0.25) is 5.91 Å². The Balaban J connectivity index is 4.00. The van der Waals surface area contributed by atoms with Crippen molar-refractivity contribution >= 4 is 11.6 Å². The molecule has 3 heteroatoms. The Morgan fingerprint density at radius 2 is 2.11 bits per heavy atom. The third-order valence-electron chi connectivity index (χ3n) is 0.671. The molecule has 0 atom stereocenters. The van der Waals surface area contributed by atoms with Crippen LogP contribution in [0.25, 0.3) is 0 Å². The fourth-order valence-electron chi connectivity index (χ4n) is 0.425. The summed E-state index contributed by atoms with van der Waals surface area (Å²) in [4.78, 5) is 13.8. The number of carbonyl (C=O) groups is 1. The normalized spacial score (nSPS) is 12.4. The van der Waals surface area contributed by atoms with Crippen LogP contribution in [0.4, 0.5) is 0 Å². The van der Waals surface area contributed by atoms with E-state index in [-0.39, 0.29) is 5.91 Å². The number of rotatable bonds is 1. The van der Waals surface area contributed by atoms with Crippen LogP contribution in [0.15, 0.2) is 17.3 Å². The first-order valence-corrected chi connectivity index (χ1v) is 2.61. The van der Waals surface area contributed by atoms with Crippen molar-refractivity contribution in [2.75, 3.05) is 0 Å². The van der Waals surface area contributed by atoms with Crippen molar-refractivity contribution in [2.45, 2.75) is 13.8 Å². The highest BCUT2D eigenvalue weighted by atomic mass is 16.1. The smallest absolute Gasteiger partial charge is 0.242 e. The van der Waals surface area contributed by atoms with E-state index < -0.39 is 0 Å². The van der Waals surface area contributed by atoms with Gasteiger partial charge >= 0.3 is 0 Å². The number of nitrogens with zero attached hydrogens (tertiary/aromatic N) is 1. The van der Waals surface area contributed by atoms with E-state index in [1.807, 2.05) is 0 Å². The molecule has 0 aliphatic rings. The number of amides is 1. The molecule has 0 bridgehead atoms. The molecular weight excluding hydrogens is 116 g/mol. The molecule has 0 spiro atoms. The number of hydrogen-bond acceptors (Lipinski definition) is 2. The average Bonchev–Trinajstić information content (AvgIpc) is 1.63. The zero-order chi connectivity index (χ0) is 7.28. The second-order valence-corrected chi connectivity index (χ2v) is 1.63. The molecule has 0 aromatic carbocycles. The lowest BCUT2D eigenvalue weighted by atomic mass is 10.4. The largest absolute Gasteiger partial charge is 0.405 e. The zero-order valence-corrected chi connectivity index (χ0v) is 5.59. The molecule has 2 N–H and O–H groups in total. The summed E-state index contributed by atoms with van der Waals surface area (Å²) in [6.07, 6.45) is 2.92. The van der Waals surface area contributed by atoms with Crippen LogP contribution in [-0.2, 0) is 4.79 Å². The highest BCUT2D eigenvalue weighted by Gasteiger charge is 1.85. The van der Waals surface area contributed by atoms with E-state index in [2.05, 4.69) is 4.99 Å². The SMILES string of the molecule is CC(=O)/N=C(C)\C=C/N. The van der Waals surface area contributed by atoms with Crippen LogP contribution >= 0.6 is 0 Å². The maximum atomic E-state index is 10.3. The second-order valence-electron chi connectivity index (χ2n) is 1.63. The Labute approximate surface area is 54.3 Å². The molecule has 0 aliphatic heterocycles. The number of aliphatic imine (C=N–C) groups is 1. The third-order valence-corrected chi connectivity index (χ3v) is 0.671. The topological polar surface area (TPSA) is 55.5 Å². The van der Waals surface area contributed by atoms with Crippen molar-refractivity contribution in [3.63, 3.8) is 0 Å². The van der Waals surface area contributed by atoms with Gasteiger partial charge in [-0.05, 0) is 19.2 Å². The van der Waals surface area contributed by atoms with E-state index in [4.69, 9.17) is 5.73 Å². The summed E-state index contributed by atoms with van der Waals surface area (Å²) in [6.45, 7) is 3.11.